The molecule has 0 aliphatic rings. The van der Waals surface area contributed by atoms with Crippen LogP contribution in [0.4, 0.5) is 11.4 Å². The van der Waals surface area contributed by atoms with Crippen LogP contribution in [0.1, 0.15) is 42.4 Å². The molecule has 0 fully saturated rings. The Balaban J connectivity index is 1.64. The van der Waals surface area contributed by atoms with Crippen LogP contribution < -0.4 is 10.1 Å². The molecule has 0 saturated carbocycles. The van der Waals surface area contributed by atoms with Crippen molar-refractivity contribution in [3.05, 3.63) is 81.7 Å². The minimum absolute atomic E-state index is 0.0648. The first-order valence-corrected chi connectivity index (χ1v) is 9.47. The minimum atomic E-state index is -0.532. The van der Waals surface area contributed by atoms with E-state index in [0.717, 1.165) is 5.56 Å². The lowest BCUT2D eigenvalue weighted by Gasteiger charge is -2.19. The number of benzene rings is 2. The summed E-state index contributed by atoms with van der Waals surface area (Å²) < 4.78 is 7.20. The van der Waals surface area contributed by atoms with E-state index >= 15 is 0 Å². The van der Waals surface area contributed by atoms with Crippen LogP contribution in [0.2, 0.25) is 0 Å². The average molecular weight is 408 g/mol. The average Bonchev–Trinajstić information content (AvgIpc) is 3.16. The predicted octanol–water partition coefficient (Wildman–Crippen LogP) is 4.69. The predicted molar refractivity (Wildman–Crippen MR) is 114 cm³/mol. The molecule has 1 heterocycles. The zero-order chi connectivity index (χ0) is 21.9. The summed E-state index contributed by atoms with van der Waals surface area (Å²) in [5, 5.41) is 17.9. The van der Waals surface area contributed by atoms with Gasteiger partial charge >= 0.3 is 0 Å². The maximum Gasteiger partial charge on any atom is 0.293 e. The topological polar surface area (TPSA) is 99.3 Å². The molecular formula is C22H24N4O4. The number of ether oxygens (including phenoxy) is 1. The Kier molecular flexibility index (Phi) is 5.86. The molecule has 0 radical (unpaired) electrons. The summed E-state index contributed by atoms with van der Waals surface area (Å²) >= 11 is 0. The molecule has 1 aromatic heterocycles. The number of aryl methyl sites for hydroxylation is 1. The van der Waals surface area contributed by atoms with Gasteiger partial charge in [0.2, 0.25) is 0 Å². The fourth-order valence-electron chi connectivity index (χ4n) is 2.83. The number of amides is 1. The highest BCUT2D eigenvalue weighted by Crippen LogP contribution is 2.26. The number of hydrogen-bond acceptors (Lipinski definition) is 5. The maximum absolute atomic E-state index is 12.4. The number of nitrogens with zero attached hydrogens (tertiary/aromatic N) is 3. The summed E-state index contributed by atoms with van der Waals surface area (Å²) in [6.45, 7) is 8.31. The number of anilines is 1. The van der Waals surface area contributed by atoms with Gasteiger partial charge in [0.25, 0.3) is 11.6 Å². The molecule has 0 atom stereocenters. The standard InChI is InChI=1S/C22H24N4O4/c1-15-5-10-18(20(13-15)26(28)29)23-21(27)19-11-12-25(24-19)14-30-17-8-6-16(7-9-17)22(2,3)4/h5-13H,14H2,1-4H3,(H,23,27). The molecule has 0 unspecified atom stereocenters. The molecule has 2 aromatic carbocycles. The number of carbonyl (C=O) groups is 1. The molecule has 0 aliphatic heterocycles. The van der Waals surface area contributed by atoms with E-state index in [2.05, 4.69) is 31.2 Å². The van der Waals surface area contributed by atoms with Crippen molar-refractivity contribution >= 4 is 17.3 Å². The highest BCUT2D eigenvalue weighted by atomic mass is 16.6. The zero-order valence-corrected chi connectivity index (χ0v) is 17.4. The quantitative estimate of drug-likeness (QED) is 0.471. The van der Waals surface area contributed by atoms with Crippen molar-refractivity contribution in [1.29, 1.82) is 0 Å². The number of hydrogen-bond donors (Lipinski definition) is 1. The Hall–Kier alpha value is -3.68. The van der Waals surface area contributed by atoms with Gasteiger partial charge < -0.3 is 10.1 Å². The van der Waals surface area contributed by atoms with Crippen molar-refractivity contribution in [2.75, 3.05) is 5.32 Å². The van der Waals surface area contributed by atoms with Crippen LogP contribution in [0.15, 0.2) is 54.7 Å². The van der Waals surface area contributed by atoms with Crippen molar-refractivity contribution < 1.29 is 14.5 Å². The third kappa shape index (κ3) is 5.02. The molecule has 0 saturated heterocycles. The van der Waals surface area contributed by atoms with E-state index in [4.69, 9.17) is 4.74 Å². The van der Waals surface area contributed by atoms with Crippen molar-refractivity contribution in [3.63, 3.8) is 0 Å². The first-order valence-electron chi connectivity index (χ1n) is 9.47. The summed E-state index contributed by atoms with van der Waals surface area (Å²) in [5.74, 6) is 0.162. The van der Waals surface area contributed by atoms with Gasteiger partial charge in [-0.15, -0.1) is 0 Å². The molecule has 156 valence electrons. The van der Waals surface area contributed by atoms with Crippen LogP contribution in [0, 0.1) is 17.0 Å². The van der Waals surface area contributed by atoms with Crippen molar-refractivity contribution in [2.45, 2.75) is 39.8 Å². The molecule has 0 aliphatic carbocycles. The number of aromatic nitrogens is 2. The Morgan fingerprint density at radius 1 is 1.17 bits per heavy atom. The number of nitro groups is 1. The summed E-state index contributed by atoms with van der Waals surface area (Å²) in [6.07, 6.45) is 1.61. The van der Waals surface area contributed by atoms with Gasteiger partial charge in [-0.25, -0.2) is 4.68 Å². The molecule has 1 N–H and O–H groups in total. The molecule has 3 rings (SSSR count). The van der Waals surface area contributed by atoms with E-state index in [1.165, 1.54) is 28.4 Å². The molecule has 1 amide bonds. The maximum atomic E-state index is 12.4. The van der Waals surface area contributed by atoms with Crippen LogP contribution in [0.25, 0.3) is 0 Å². The molecule has 8 heteroatoms. The first-order chi connectivity index (χ1) is 14.1. The molecule has 30 heavy (non-hydrogen) atoms. The van der Waals surface area contributed by atoms with Gasteiger partial charge in [-0.05, 0) is 47.7 Å². The summed E-state index contributed by atoms with van der Waals surface area (Å²) in [4.78, 5) is 23.1. The number of nitrogens with one attached hydrogen (secondary N) is 1. The second kappa shape index (κ2) is 8.36. The monoisotopic (exact) mass is 408 g/mol. The number of rotatable bonds is 6. The van der Waals surface area contributed by atoms with Gasteiger partial charge in [0.15, 0.2) is 12.4 Å². The Morgan fingerprint density at radius 2 is 1.87 bits per heavy atom. The van der Waals surface area contributed by atoms with E-state index in [1.54, 1.807) is 19.2 Å². The van der Waals surface area contributed by atoms with E-state index in [0.29, 0.717) is 5.75 Å². The van der Waals surface area contributed by atoms with Crippen molar-refractivity contribution in [1.82, 2.24) is 9.78 Å². The normalized spacial score (nSPS) is 11.2. The SMILES string of the molecule is Cc1ccc(NC(=O)c2ccn(COc3ccc(C(C)(C)C)cc3)n2)c([N+](=O)[O-])c1. The van der Waals surface area contributed by atoms with Gasteiger partial charge in [-0.1, -0.05) is 39.0 Å². The molecule has 0 spiro atoms. The van der Waals surface area contributed by atoms with E-state index in [1.807, 2.05) is 24.3 Å². The summed E-state index contributed by atoms with van der Waals surface area (Å²) in [7, 11) is 0. The first kappa shape index (κ1) is 21.0. The van der Waals surface area contributed by atoms with E-state index in [9.17, 15) is 14.9 Å². The smallest absolute Gasteiger partial charge is 0.293 e. The second-order valence-electron chi connectivity index (χ2n) is 8.02. The Labute approximate surface area is 174 Å². The second-order valence-corrected chi connectivity index (χ2v) is 8.02. The van der Waals surface area contributed by atoms with E-state index < -0.39 is 10.8 Å². The lowest BCUT2D eigenvalue weighted by Crippen LogP contribution is -2.15. The molecule has 0 bridgehead atoms. The van der Waals surface area contributed by atoms with Crippen LogP contribution in [-0.2, 0) is 12.1 Å². The number of carbonyl (C=O) groups excluding carboxylic acids is 1. The van der Waals surface area contributed by atoms with Crippen molar-refractivity contribution in [3.8, 4) is 5.75 Å². The van der Waals surface area contributed by atoms with Gasteiger partial charge in [0.1, 0.15) is 11.4 Å². The molecule has 3 aromatic rings. The third-order valence-electron chi connectivity index (χ3n) is 4.56. The fourth-order valence-corrected chi connectivity index (χ4v) is 2.83. The van der Waals surface area contributed by atoms with Gasteiger partial charge in [-0.2, -0.15) is 5.10 Å². The van der Waals surface area contributed by atoms with E-state index in [-0.39, 0.29) is 29.2 Å². The van der Waals surface area contributed by atoms with Gasteiger partial charge in [0, 0.05) is 12.3 Å². The fraction of sp³-hybridized carbons (Fsp3) is 0.273. The molecular weight excluding hydrogens is 384 g/mol. The number of nitro benzene ring substituents is 1. The Bertz CT molecular complexity index is 1070. The Morgan fingerprint density at radius 3 is 2.50 bits per heavy atom. The lowest BCUT2D eigenvalue weighted by molar-refractivity contribution is -0.384. The summed E-state index contributed by atoms with van der Waals surface area (Å²) in [6, 6.07) is 14.0. The van der Waals surface area contributed by atoms with Gasteiger partial charge in [0.05, 0.1) is 4.92 Å². The third-order valence-corrected chi connectivity index (χ3v) is 4.56. The highest BCUT2D eigenvalue weighted by molar-refractivity contribution is 6.04. The van der Waals surface area contributed by atoms with Crippen LogP contribution in [-0.4, -0.2) is 20.6 Å². The summed E-state index contributed by atoms with van der Waals surface area (Å²) in [5.41, 5.74) is 2.10. The van der Waals surface area contributed by atoms with Crippen LogP contribution in [0.5, 0.6) is 5.75 Å². The lowest BCUT2D eigenvalue weighted by atomic mass is 9.87. The molecule has 8 nitrogen and oxygen atoms in total. The van der Waals surface area contributed by atoms with Gasteiger partial charge in [-0.3, -0.25) is 14.9 Å². The van der Waals surface area contributed by atoms with Crippen LogP contribution in [0.3, 0.4) is 0 Å². The minimum Gasteiger partial charge on any atom is -0.471 e. The van der Waals surface area contributed by atoms with Crippen molar-refractivity contribution in [2.24, 2.45) is 0 Å². The highest BCUT2D eigenvalue weighted by Gasteiger charge is 2.18. The zero-order valence-electron chi connectivity index (χ0n) is 17.4. The largest absolute Gasteiger partial charge is 0.471 e. The van der Waals surface area contributed by atoms with Crippen LogP contribution >= 0.6 is 0 Å².